The zero-order valence-electron chi connectivity index (χ0n) is 23.6. The molecule has 0 unspecified atom stereocenters. The van der Waals surface area contributed by atoms with E-state index in [9.17, 15) is 0 Å². The van der Waals surface area contributed by atoms with Gasteiger partial charge in [0.05, 0.1) is 29.7 Å². The number of hydrogen-bond acceptors (Lipinski definition) is 5. The average molecular weight is 554 g/mol. The zero-order valence-corrected chi connectivity index (χ0v) is 25.2. The summed E-state index contributed by atoms with van der Waals surface area (Å²) in [5, 5.41) is 4.72. The van der Waals surface area contributed by atoms with Crippen molar-refractivity contribution < 1.29 is 4.74 Å². The Hall–Kier alpha value is -2.89. The predicted molar refractivity (Wildman–Crippen MR) is 162 cm³/mol. The van der Waals surface area contributed by atoms with Gasteiger partial charge in [0.1, 0.15) is 17.6 Å². The fourth-order valence-electron chi connectivity index (χ4n) is 6.00. The van der Waals surface area contributed by atoms with Crippen molar-refractivity contribution >= 4 is 40.6 Å². The van der Waals surface area contributed by atoms with Crippen molar-refractivity contribution in [3.8, 4) is 5.75 Å². The lowest BCUT2D eigenvalue weighted by molar-refractivity contribution is 0.242. The Balaban J connectivity index is 1.99. The maximum atomic E-state index is 6.25. The maximum Gasteiger partial charge on any atom is 0.148 e. The minimum absolute atomic E-state index is 0.000495. The van der Waals surface area contributed by atoms with Gasteiger partial charge in [-0.15, -0.1) is 9.15 Å². The molecule has 1 heterocycles. The minimum Gasteiger partial charge on any atom is -0.490 e. The lowest BCUT2D eigenvalue weighted by atomic mass is 9.99. The van der Waals surface area contributed by atoms with Crippen LogP contribution in [0, 0.1) is 41.5 Å². The summed E-state index contributed by atoms with van der Waals surface area (Å²) in [7, 11) is 0. The Morgan fingerprint density at radius 2 is 1.26 bits per heavy atom. The molecule has 1 saturated heterocycles. The molecule has 0 radical (unpaired) electrons. The van der Waals surface area contributed by atoms with Crippen LogP contribution < -0.4 is 14.5 Å². The van der Waals surface area contributed by atoms with Gasteiger partial charge >= 0.3 is 0 Å². The summed E-state index contributed by atoms with van der Waals surface area (Å²) >= 11 is 12.5. The molecule has 0 bridgehead atoms. The third kappa shape index (κ3) is 5.74. The number of ether oxygens (including phenoxy) is 1. The Labute approximate surface area is 237 Å². The van der Waals surface area contributed by atoms with Crippen molar-refractivity contribution in [1.82, 2.24) is 4.05 Å². The van der Waals surface area contributed by atoms with Crippen molar-refractivity contribution in [1.29, 1.82) is 0 Å². The smallest absolute Gasteiger partial charge is 0.148 e. The highest BCUT2D eigenvalue weighted by Gasteiger charge is 2.40. The van der Waals surface area contributed by atoms with Crippen molar-refractivity contribution in [2.75, 3.05) is 22.9 Å². The maximum absolute atomic E-state index is 6.25. The normalized spacial score (nSPS) is 14.6. The number of anilines is 2. The minimum atomic E-state index is -0.271. The highest BCUT2D eigenvalue weighted by Crippen LogP contribution is 2.39. The molecule has 0 spiro atoms. The Morgan fingerprint density at radius 3 is 1.68 bits per heavy atom. The van der Waals surface area contributed by atoms with E-state index >= 15 is 0 Å². The molecule has 0 aromatic heterocycles. The third-order valence-corrected chi connectivity index (χ3v) is 7.12. The second kappa shape index (κ2) is 11.5. The number of nitrogens with zero attached hydrogens (tertiary/aromatic N) is 4. The van der Waals surface area contributed by atoms with Crippen molar-refractivity contribution in [2.24, 2.45) is 5.10 Å². The second-order valence-corrected chi connectivity index (χ2v) is 11.4. The van der Waals surface area contributed by atoms with Gasteiger partial charge in [-0.05, 0) is 89.8 Å². The lowest BCUT2D eigenvalue weighted by Crippen LogP contribution is -2.47. The van der Waals surface area contributed by atoms with Crippen LogP contribution in [0.4, 0.5) is 11.4 Å². The van der Waals surface area contributed by atoms with Crippen molar-refractivity contribution in [3.63, 3.8) is 0 Å². The summed E-state index contributed by atoms with van der Waals surface area (Å²) < 4.78 is 7.11. The first-order chi connectivity index (χ1) is 18.0. The summed E-state index contributed by atoms with van der Waals surface area (Å²) in [6.07, 6.45) is -0.272. The molecule has 1 aliphatic rings. The Kier molecular flexibility index (Phi) is 8.49. The van der Waals surface area contributed by atoms with Crippen LogP contribution in [-0.2, 0) is 0 Å². The Morgan fingerprint density at radius 1 is 0.816 bits per heavy atom. The topological polar surface area (TPSA) is 31.3 Å². The van der Waals surface area contributed by atoms with E-state index in [0.717, 1.165) is 34.2 Å². The number of halogens is 2. The van der Waals surface area contributed by atoms with Crippen molar-refractivity contribution in [3.05, 3.63) is 87.5 Å². The van der Waals surface area contributed by atoms with Gasteiger partial charge in [0.2, 0.25) is 0 Å². The summed E-state index contributed by atoms with van der Waals surface area (Å²) in [4.78, 5) is 4.87. The standard InChI is InChI=1S/C31H38Cl2N4O/c1-19(2)38-27-12-10-9-11-26(27)28(34-37(32)33)31-35(29-22(5)15-20(3)16-23(29)6)13-14-36(31)30-24(7)17-21(4)18-25(30)8/h9-12,15-19,31H,13-14H2,1-8H3. The van der Waals surface area contributed by atoms with E-state index in [0.29, 0.717) is 0 Å². The van der Waals surface area contributed by atoms with Crippen LogP contribution >= 0.6 is 23.6 Å². The molecule has 0 amide bonds. The van der Waals surface area contributed by atoms with Crippen LogP contribution in [0.5, 0.6) is 5.75 Å². The fraction of sp³-hybridized carbons (Fsp3) is 0.387. The van der Waals surface area contributed by atoms with Gasteiger partial charge in [0.15, 0.2) is 0 Å². The van der Waals surface area contributed by atoms with Gasteiger partial charge in [-0.25, -0.2) is 0 Å². The average Bonchev–Trinajstić information content (AvgIpc) is 3.20. The number of aryl methyl sites for hydroxylation is 6. The van der Waals surface area contributed by atoms with Crippen LogP contribution in [0.2, 0.25) is 0 Å². The highest BCUT2D eigenvalue weighted by atomic mass is 35.5. The van der Waals surface area contributed by atoms with Gasteiger partial charge in [-0.3, -0.25) is 0 Å². The number of hydrogen-bond donors (Lipinski definition) is 0. The molecule has 1 fully saturated rings. The first-order valence-electron chi connectivity index (χ1n) is 13.1. The van der Waals surface area contributed by atoms with Gasteiger partial charge in [-0.1, -0.05) is 47.5 Å². The summed E-state index contributed by atoms with van der Waals surface area (Å²) in [6.45, 7) is 18.7. The Bertz CT molecular complexity index is 1240. The van der Waals surface area contributed by atoms with E-state index in [1.807, 2.05) is 38.1 Å². The number of para-hydroxylation sites is 1. The molecule has 0 N–H and O–H groups in total. The third-order valence-electron chi connectivity index (χ3n) is 6.97. The fourth-order valence-corrected chi connectivity index (χ4v) is 6.17. The monoisotopic (exact) mass is 552 g/mol. The SMILES string of the molecule is Cc1cc(C)c(N2CCN(c3c(C)cc(C)cc3C)C2C(=NN(Cl)Cl)c2ccccc2OC(C)C)c(C)c1. The van der Waals surface area contributed by atoms with E-state index in [-0.39, 0.29) is 12.3 Å². The van der Waals surface area contributed by atoms with E-state index in [1.54, 1.807) is 0 Å². The molecule has 202 valence electrons. The van der Waals surface area contributed by atoms with Crippen LogP contribution in [-0.4, -0.2) is 35.1 Å². The molecule has 38 heavy (non-hydrogen) atoms. The molecule has 5 nitrogen and oxygen atoms in total. The molecule has 3 aromatic rings. The van der Waals surface area contributed by atoms with Gasteiger partial charge in [0.25, 0.3) is 0 Å². The van der Waals surface area contributed by atoms with Crippen molar-refractivity contribution in [2.45, 2.75) is 67.7 Å². The van der Waals surface area contributed by atoms with Gasteiger partial charge < -0.3 is 14.5 Å². The molecule has 0 atom stereocenters. The van der Waals surface area contributed by atoms with Crippen LogP contribution in [0.1, 0.15) is 52.8 Å². The molecule has 7 heteroatoms. The molecular formula is C31H38Cl2N4O. The van der Waals surface area contributed by atoms with E-state index in [1.165, 1.54) is 44.8 Å². The van der Waals surface area contributed by atoms with Crippen LogP contribution in [0.3, 0.4) is 0 Å². The molecular weight excluding hydrogens is 515 g/mol. The second-order valence-electron chi connectivity index (χ2n) is 10.6. The van der Waals surface area contributed by atoms with Gasteiger partial charge in [-0.2, -0.15) is 0 Å². The number of hydrazone groups is 1. The molecule has 0 aliphatic carbocycles. The molecule has 4 rings (SSSR count). The number of rotatable bonds is 7. The lowest BCUT2D eigenvalue weighted by Gasteiger charge is -2.37. The summed E-state index contributed by atoms with van der Waals surface area (Å²) in [5.41, 5.74) is 11.4. The zero-order chi connectivity index (χ0) is 27.7. The quantitative estimate of drug-likeness (QED) is 0.169. The predicted octanol–water partition coefficient (Wildman–Crippen LogP) is 7.99. The first-order valence-corrected chi connectivity index (χ1v) is 13.8. The summed E-state index contributed by atoms with van der Waals surface area (Å²) in [6, 6.07) is 17.0. The van der Waals surface area contributed by atoms with E-state index in [2.05, 4.69) is 75.6 Å². The molecule has 1 aliphatic heterocycles. The number of benzene rings is 3. The summed E-state index contributed by atoms with van der Waals surface area (Å²) in [5.74, 6) is 0.748. The van der Waals surface area contributed by atoms with Crippen LogP contribution in [0.25, 0.3) is 0 Å². The molecule has 0 saturated carbocycles. The molecule has 3 aromatic carbocycles. The highest BCUT2D eigenvalue weighted by molar-refractivity contribution is 6.34. The first kappa shape index (κ1) is 28.1. The largest absolute Gasteiger partial charge is 0.490 e. The van der Waals surface area contributed by atoms with E-state index < -0.39 is 0 Å². The van der Waals surface area contributed by atoms with Gasteiger partial charge in [0, 0.05) is 30.0 Å². The van der Waals surface area contributed by atoms with Crippen LogP contribution in [0.15, 0.2) is 53.6 Å². The van der Waals surface area contributed by atoms with E-state index in [4.69, 9.17) is 33.4 Å².